The van der Waals surface area contributed by atoms with E-state index in [0.717, 1.165) is 12.8 Å². The fourth-order valence-corrected chi connectivity index (χ4v) is 0.923. The van der Waals surface area contributed by atoms with E-state index in [-0.39, 0.29) is 14.9 Å². The lowest BCUT2D eigenvalue weighted by Gasteiger charge is -1.97. The summed E-state index contributed by atoms with van der Waals surface area (Å²) in [6, 6.07) is 6.21. The van der Waals surface area contributed by atoms with Gasteiger partial charge in [-0.15, -0.1) is 0 Å². The molecule has 12 heavy (non-hydrogen) atoms. The van der Waals surface area contributed by atoms with Gasteiger partial charge in [0.1, 0.15) is 0 Å². The predicted molar refractivity (Wildman–Crippen MR) is 56.5 cm³/mol. The molecule has 0 atom stereocenters. The molecular weight excluding hydrogens is 146 g/mol. The van der Waals surface area contributed by atoms with E-state index in [1.54, 1.807) is 0 Å². The van der Waals surface area contributed by atoms with Gasteiger partial charge in [-0.25, -0.2) is 0 Å². The highest BCUT2D eigenvalue weighted by molar-refractivity contribution is 5.10. The normalized spacial score (nSPS) is 8.17. The molecule has 0 radical (unpaired) electrons. The van der Waals surface area contributed by atoms with E-state index in [1.165, 1.54) is 11.4 Å². The first-order valence-corrected chi connectivity index (χ1v) is 3.81. The van der Waals surface area contributed by atoms with Gasteiger partial charge >= 0.3 is 0 Å². The van der Waals surface area contributed by atoms with Crippen molar-refractivity contribution >= 4 is 0 Å². The van der Waals surface area contributed by atoms with Crippen LogP contribution in [0.4, 0.5) is 0 Å². The number of rotatable bonds is 2. The van der Waals surface area contributed by atoms with Crippen molar-refractivity contribution in [3.63, 3.8) is 0 Å². The number of aryl methyl sites for hydroxylation is 2. The van der Waals surface area contributed by atoms with Crippen molar-refractivity contribution in [2.24, 2.45) is 0 Å². The molecule has 0 saturated carbocycles. The van der Waals surface area contributed by atoms with Gasteiger partial charge in [0.15, 0.2) is 0 Å². The van der Waals surface area contributed by atoms with Crippen molar-refractivity contribution in [1.82, 2.24) is 4.98 Å². The van der Waals surface area contributed by atoms with Gasteiger partial charge in [0, 0.05) is 11.4 Å². The van der Waals surface area contributed by atoms with E-state index in [1.807, 2.05) is 0 Å². The second kappa shape index (κ2) is 6.84. The molecular formula is C11H21N. The zero-order valence-corrected chi connectivity index (χ0v) is 6.59. The molecule has 0 amide bonds. The summed E-state index contributed by atoms with van der Waals surface area (Å²) in [5, 5.41) is 0. The highest BCUT2D eigenvalue weighted by Crippen LogP contribution is 1.99. The maximum atomic E-state index is 4.41. The second-order valence-electron chi connectivity index (χ2n) is 2.33. The average Bonchev–Trinajstić information content (AvgIpc) is 2.05. The molecule has 1 nitrogen and oxygen atoms in total. The summed E-state index contributed by atoms with van der Waals surface area (Å²) in [4.78, 5) is 4.41. The molecule has 1 aromatic heterocycles. The standard InChI is InChI=1S/C9H13N.2CH4/c1-3-8-6-5-7-9(4-2)10-8;;/h5-7H,3-4H2,1-2H3;2*1H4. The molecule has 1 heteroatoms. The second-order valence-corrected chi connectivity index (χ2v) is 2.33. The Labute approximate surface area is 76.9 Å². The van der Waals surface area contributed by atoms with Crippen LogP contribution in [0.5, 0.6) is 0 Å². The summed E-state index contributed by atoms with van der Waals surface area (Å²) < 4.78 is 0. The first kappa shape index (κ1) is 13.7. The van der Waals surface area contributed by atoms with Crippen molar-refractivity contribution in [1.29, 1.82) is 0 Å². The molecule has 0 fully saturated rings. The van der Waals surface area contributed by atoms with Crippen LogP contribution in [0, 0.1) is 0 Å². The molecule has 0 bridgehead atoms. The minimum atomic E-state index is 0. The van der Waals surface area contributed by atoms with Crippen LogP contribution in [0.3, 0.4) is 0 Å². The fraction of sp³-hybridized carbons (Fsp3) is 0.545. The maximum Gasteiger partial charge on any atom is 0.0404 e. The smallest absolute Gasteiger partial charge is 0.0404 e. The summed E-state index contributed by atoms with van der Waals surface area (Å²) in [5.74, 6) is 0. The maximum absolute atomic E-state index is 4.41. The van der Waals surface area contributed by atoms with E-state index in [4.69, 9.17) is 0 Å². The van der Waals surface area contributed by atoms with E-state index in [2.05, 4.69) is 37.0 Å². The Hall–Kier alpha value is -0.850. The third-order valence-corrected chi connectivity index (χ3v) is 1.59. The van der Waals surface area contributed by atoms with Crippen LogP contribution in [-0.4, -0.2) is 4.98 Å². The molecule has 1 rings (SSSR count). The van der Waals surface area contributed by atoms with Gasteiger partial charge in [-0.2, -0.15) is 0 Å². The molecule has 0 aliphatic rings. The Kier molecular flexibility index (Phi) is 7.82. The van der Waals surface area contributed by atoms with Crippen molar-refractivity contribution in [2.45, 2.75) is 41.5 Å². The van der Waals surface area contributed by atoms with Gasteiger partial charge in [0.05, 0.1) is 0 Å². The first-order chi connectivity index (χ1) is 4.86. The summed E-state index contributed by atoms with van der Waals surface area (Å²) in [6.45, 7) is 4.25. The number of aromatic nitrogens is 1. The molecule has 0 aliphatic carbocycles. The Balaban J connectivity index is 0. The van der Waals surface area contributed by atoms with Crippen LogP contribution >= 0.6 is 0 Å². The number of hydrogen-bond acceptors (Lipinski definition) is 1. The minimum Gasteiger partial charge on any atom is -0.258 e. The van der Waals surface area contributed by atoms with Crippen molar-refractivity contribution in [2.75, 3.05) is 0 Å². The van der Waals surface area contributed by atoms with Gasteiger partial charge < -0.3 is 0 Å². The van der Waals surface area contributed by atoms with Gasteiger partial charge in [-0.3, -0.25) is 4.98 Å². The lowest BCUT2D eigenvalue weighted by Crippen LogP contribution is -1.91. The van der Waals surface area contributed by atoms with Gasteiger partial charge in [0.2, 0.25) is 0 Å². The van der Waals surface area contributed by atoms with E-state index < -0.39 is 0 Å². The Morgan fingerprint density at radius 2 is 1.42 bits per heavy atom. The quantitative estimate of drug-likeness (QED) is 0.657. The van der Waals surface area contributed by atoms with Crippen molar-refractivity contribution in [3.8, 4) is 0 Å². The zero-order valence-electron chi connectivity index (χ0n) is 6.59. The molecule has 0 N–H and O–H groups in total. The lowest BCUT2D eigenvalue weighted by atomic mass is 10.2. The third kappa shape index (κ3) is 3.51. The van der Waals surface area contributed by atoms with E-state index in [0.29, 0.717) is 0 Å². The monoisotopic (exact) mass is 167 g/mol. The van der Waals surface area contributed by atoms with Crippen LogP contribution in [-0.2, 0) is 12.8 Å². The third-order valence-electron chi connectivity index (χ3n) is 1.59. The van der Waals surface area contributed by atoms with Crippen molar-refractivity contribution in [3.05, 3.63) is 29.6 Å². The van der Waals surface area contributed by atoms with Gasteiger partial charge in [-0.1, -0.05) is 34.8 Å². The molecule has 0 aromatic carbocycles. The number of nitrogens with zero attached hydrogens (tertiary/aromatic N) is 1. The Morgan fingerprint density at radius 3 is 1.75 bits per heavy atom. The van der Waals surface area contributed by atoms with Crippen LogP contribution in [0.25, 0.3) is 0 Å². The van der Waals surface area contributed by atoms with Crippen LogP contribution < -0.4 is 0 Å². The topological polar surface area (TPSA) is 12.9 Å². The number of hydrogen-bond donors (Lipinski definition) is 0. The van der Waals surface area contributed by atoms with Gasteiger partial charge in [0.25, 0.3) is 0 Å². The Bertz CT molecular complexity index is 187. The Morgan fingerprint density at radius 1 is 1.00 bits per heavy atom. The van der Waals surface area contributed by atoms with Crippen LogP contribution in [0.15, 0.2) is 18.2 Å². The number of pyridine rings is 1. The molecule has 70 valence electrons. The fourth-order valence-electron chi connectivity index (χ4n) is 0.923. The summed E-state index contributed by atoms with van der Waals surface area (Å²) in [7, 11) is 0. The average molecular weight is 167 g/mol. The molecule has 0 saturated heterocycles. The molecule has 0 spiro atoms. The van der Waals surface area contributed by atoms with E-state index in [9.17, 15) is 0 Å². The SMILES string of the molecule is C.C.CCc1cccc(CC)n1. The van der Waals surface area contributed by atoms with Gasteiger partial charge in [-0.05, 0) is 25.0 Å². The molecule has 1 heterocycles. The predicted octanol–water partition coefficient (Wildman–Crippen LogP) is 3.48. The highest BCUT2D eigenvalue weighted by Gasteiger charge is 1.91. The van der Waals surface area contributed by atoms with E-state index >= 15 is 0 Å². The largest absolute Gasteiger partial charge is 0.258 e. The molecule has 1 aromatic rings. The van der Waals surface area contributed by atoms with Crippen LogP contribution in [0.2, 0.25) is 0 Å². The summed E-state index contributed by atoms with van der Waals surface area (Å²) in [6.07, 6.45) is 2.07. The molecule has 0 aliphatic heterocycles. The van der Waals surface area contributed by atoms with Crippen molar-refractivity contribution < 1.29 is 0 Å². The minimum absolute atomic E-state index is 0. The lowest BCUT2D eigenvalue weighted by molar-refractivity contribution is 0.955. The first-order valence-electron chi connectivity index (χ1n) is 3.81. The summed E-state index contributed by atoms with van der Waals surface area (Å²) in [5.41, 5.74) is 2.39. The highest BCUT2D eigenvalue weighted by atomic mass is 14.7. The summed E-state index contributed by atoms with van der Waals surface area (Å²) >= 11 is 0. The van der Waals surface area contributed by atoms with Crippen LogP contribution in [0.1, 0.15) is 40.1 Å². The zero-order chi connectivity index (χ0) is 7.40. The molecule has 0 unspecified atom stereocenters.